The van der Waals surface area contributed by atoms with Crippen LogP contribution in [0.4, 0.5) is 5.69 Å². The number of nitrogens with one attached hydrogen (secondary N) is 2. The van der Waals surface area contributed by atoms with E-state index in [1.807, 2.05) is 48.5 Å². The molecule has 2 fully saturated rings. The van der Waals surface area contributed by atoms with E-state index in [0.717, 1.165) is 5.56 Å². The Morgan fingerprint density at radius 3 is 2.19 bits per heavy atom. The molecule has 5 heteroatoms. The second-order valence-corrected chi connectivity index (χ2v) is 9.63. The number of hydrogen-bond acceptors (Lipinski definition) is 3. The van der Waals surface area contributed by atoms with Crippen LogP contribution in [-0.2, 0) is 19.9 Å². The Morgan fingerprint density at radius 1 is 0.969 bits per heavy atom. The Hall–Kier alpha value is -2.95. The molecule has 1 heterocycles. The summed E-state index contributed by atoms with van der Waals surface area (Å²) in [5.74, 6) is -1.96. The molecule has 0 spiro atoms. The maximum atomic E-state index is 13.2. The van der Waals surface area contributed by atoms with E-state index < -0.39 is 29.1 Å². The van der Waals surface area contributed by atoms with Crippen LogP contribution in [0.15, 0.2) is 48.5 Å². The summed E-state index contributed by atoms with van der Waals surface area (Å²) in [6, 6.07) is 15.5. The maximum absolute atomic E-state index is 13.2. The first-order valence-electron chi connectivity index (χ1n) is 11.7. The maximum Gasteiger partial charge on any atom is 0.244 e. The van der Waals surface area contributed by atoms with Crippen LogP contribution in [0.1, 0.15) is 81.4 Å². The van der Waals surface area contributed by atoms with Crippen LogP contribution in [0.3, 0.4) is 0 Å². The molecule has 2 atom stereocenters. The molecule has 2 aromatic carbocycles. The quantitative estimate of drug-likeness (QED) is 0.651. The zero-order valence-electron chi connectivity index (χ0n) is 19.1. The van der Waals surface area contributed by atoms with Crippen molar-refractivity contribution in [1.29, 1.82) is 0 Å². The first-order valence-corrected chi connectivity index (χ1v) is 11.7. The zero-order chi connectivity index (χ0) is 22.9. The van der Waals surface area contributed by atoms with E-state index in [1.54, 1.807) is 6.92 Å². The average molecular weight is 433 g/mol. The van der Waals surface area contributed by atoms with Crippen molar-refractivity contribution in [2.75, 3.05) is 5.32 Å². The van der Waals surface area contributed by atoms with Gasteiger partial charge in [-0.05, 0) is 60.4 Å². The molecule has 168 valence electrons. The minimum Gasteiger partial charge on any atom is -0.339 e. The van der Waals surface area contributed by atoms with Gasteiger partial charge in [0.2, 0.25) is 11.8 Å². The van der Waals surface area contributed by atoms with E-state index in [2.05, 4.69) is 24.5 Å². The number of ketones is 1. The van der Waals surface area contributed by atoms with Crippen molar-refractivity contribution in [3.63, 3.8) is 0 Å². The molecule has 0 bridgehead atoms. The first-order chi connectivity index (χ1) is 15.3. The molecular weight excluding hydrogens is 400 g/mol. The molecule has 2 aliphatic rings. The molecule has 2 unspecified atom stereocenters. The van der Waals surface area contributed by atoms with Crippen LogP contribution in [-0.4, -0.2) is 17.6 Å². The van der Waals surface area contributed by atoms with Gasteiger partial charge in [-0.25, -0.2) is 0 Å². The van der Waals surface area contributed by atoms with E-state index >= 15 is 0 Å². The van der Waals surface area contributed by atoms with Crippen molar-refractivity contribution in [3.8, 4) is 0 Å². The molecule has 1 aliphatic heterocycles. The lowest BCUT2D eigenvalue weighted by atomic mass is 9.84. The fraction of sp³-hybridized carbons (Fsp3) is 0.444. The molecule has 32 heavy (non-hydrogen) atoms. The third-order valence-electron chi connectivity index (χ3n) is 7.06. The molecule has 4 rings (SSSR count). The Kier molecular flexibility index (Phi) is 6.18. The Morgan fingerprint density at radius 2 is 1.59 bits per heavy atom. The third-order valence-corrected chi connectivity index (χ3v) is 7.06. The van der Waals surface area contributed by atoms with Crippen LogP contribution in [0.25, 0.3) is 0 Å². The molecule has 0 radical (unpaired) electrons. The normalized spacial score (nSPS) is 23.9. The SMILES string of the molecule is CC(C)c1ccc(C2(C)NC(=O)C(C(=O)Nc3ccc(C4CCCCC4)cc3)C2=O)cc1. The molecule has 2 amide bonds. The van der Waals surface area contributed by atoms with Crippen molar-refractivity contribution in [2.45, 2.75) is 70.3 Å². The van der Waals surface area contributed by atoms with E-state index in [0.29, 0.717) is 23.1 Å². The second-order valence-electron chi connectivity index (χ2n) is 9.63. The van der Waals surface area contributed by atoms with Crippen LogP contribution in [0.2, 0.25) is 0 Å². The van der Waals surface area contributed by atoms with E-state index in [4.69, 9.17) is 0 Å². The van der Waals surface area contributed by atoms with Crippen molar-refractivity contribution in [3.05, 3.63) is 65.2 Å². The van der Waals surface area contributed by atoms with Gasteiger partial charge >= 0.3 is 0 Å². The highest BCUT2D eigenvalue weighted by Gasteiger charge is 2.53. The lowest BCUT2D eigenvalue weighted by Crippen LogP contribution is -2.40. The number of anilines is 1. The summed E-state index contributed by atoms with van der Waals surface area (Å²) in [5.41, 5.74) is 2.52. The Labute approximate surface area is 190 Å². The number of carbonyl (C=O) groups excluding carboxylic acids is 3. The summed E-state index contributed by atoms with van der Waals surface area (Å²) in [4.78, 5) is 38.7. The standard InChI is InChI=1S/C27H32N2O3/c1-17(2)18-9-13-21(14-10-18)27(3)24(30)23(26(32)29-27)25(31)28-22-15-11-20(12-16-22)19-7-5-4-6-8-19/h9-17,19,23H,4-8H2,1-3H3,(H,28,31)(H,29,32). The highest BCUT2D eigenvalue weighted by Crippen LogP contribution is 2.34. The van der Waals surface area contributed by atoms with Crippen molar-refractivity contribution < 1.29 is 14.4 Å². The van der Waals surface area contributed by atoms with Gasteiger partial charge in [-0.1, -0.05) is 69.5 Å². The summed E-state index contributed by atoms with van der Waals surface area (Å²) >= 11 is 0. The molecule has 0 aromatic heterocycles. The van der Waals surface area contributed by atoms with Gasteiger partial charge in [0.1, 0.15) is 5.54 Å². The highest BCUT2D eigenvalue weighted by molar-refractivity contribution is 6.27. The number of benzene rings is 2. The fourth-order valence-corrected chi connectivity index (χ4v) is 4.93. The van der Waals surface area contributed by atoms with Crippen LogP contribution in [0.5, 0.6) is 0 Å². The van der Waals surface area contributed by atoms with Gasteiger partial charge in [0.25, 0.3) is 0 Å². The van der Waals surface area contributed by atoms with Crippen LogP contribution < -0.4 is 10.6 Å². The van der Waals surface area contributed by atoms with E-state index in [9.17, 15) is 14.4 Å². The molecule has 1 aliphatic carbocycles. The number of Topliss-reactive ketones (excluding diaryl/α,β-unsaturated/α-hetero) is 1. The largest absolute Gasteiger partial charge is 0.339 e. The van der Waals surface area contributed by atoms with Gasteiger partial charge < -0.3 is 10.6 Å². The molecular formula is C27H32N2O3. The number of rotatable bonds is 5. The van der Waals surface area contributed by atoms with Crippen molar-refractivity contribution in [1.82, 2.24) is 5.32 Å². The van der Waals surface area contributed by atoms with Gasteiger partial charge in [-0.2, -0.15) is 0 Å². The van der Waals surface area contributed by atoms with Gasteiger partial charge in [0.05, 0.1) is 0 Å². The van der Waals surface area contributed by atoms with Gasteiger partial charge in [0, 0.05) is 5.69 Å². The van der Waals surface area contributed by atoms with Gasteiger partial charge in [-0.15, -0.1) is 0 Å². The third kappa shape index (κ3) is 4.21. The average Bonchev–Trinajstić information content (AvgIpc) is 3.03. The minimum atomic E-state index is -1.36. The predicted molar refractivity (Wildman–Crippen MR) is 125 cm³/mol. The second kappa shape index (κ2) is 8.89. The van der Waals surface area contributed by atoms with Gasteiger partial charge in [0.15, 0.2) is 11.7 Å². The minimum absolute atomic E-state index is 0.369. The fourth-order valence-electron chi connectivity index (χ4n) is 4.93. The summed E-state index contributed by atoms with van der Waals surface area (Å²) in [6.45, 7) is 5.87. The lowest BCUT2D eigenvalue weighted by Gasteiger charge is -2.23. The first kappa shape index (κ1) is 22.3. The topological polar surface area (TPSA) is 75.3 Å². The van der Waals surface area contributed by atoms with E-state index in [1.165, 1.54) is 37.7 Å². The smallest absolute Gasteiger partial charge is 0.244 e. The summed E-state index contributed by atoms with van der Waals surface area (Å²) in [7, 11) is 0. The number of hydrogen-bond donors (Lipinski definition) is 2. The summed E-state index contributed by atoms with van der Waals surface area (Å²) in [6.07, 6.45) is 6.25. The number of amides is 2. The summed E-state index contributed by atoms with van der Waals surface area (Å²) < 4.78 is 0. The van der Waals surface area contributed by atoms with Gasteiger partial charge in [-0.3, -0.25) is 14.4 Å². The molecule has 1 saturated carbocycles. The zero-order valence-corrected chi connectivity index (χ0v) is 19.1. The number of carbonyl (C=O) groups is 3. The highest BCUT2D eigenvalue weighted by atomic mass is 16.2. The predicted octanol–water partition coefficient (Wildman–Crippen LogP) is 5.03. The van der Waals surface area contributed by atoms with E-state index in [-0.39, 0.29) is 0 Å². The van der Waals surface area contributed by atoms with Crippen LogP contribution >= 0.6 is 0 Å². The monoisotopic (exact) mass is 432 g/mol. The van der Waals surface area contributed by atoms with Crippen LogP contribution in [0, 0.1) is 5.92 Å². The molecule has 1 saturated heterocycles. The molecule has 5 nitrogen and oxygen atoms in total. The van der Waals surface area contributed by atoms with Crippen molar-refractivity contribution in [2.24, 2.45) is 5.92 Å². The molecule has 2 N–H and O–H groups in total. The Bertz CT molecular complexity index is 1000. The molecule has 2 aromatic rings. The summed E-state index contributed by atoms with van der Waals surface area (Å²) in [5, 5.41) is 5.53. The Balaban J connectivity index is 1.46. The lowest BCUT2D eigenvalue weighted by molar-refractivity contribution is -0.135. The van der Waals surface area contributed by atoms with Crippen molar-refractivity contribution >= 4 is 23.3 Å².